The average Bonchev–Trinajstić information content (AvgIpc) is 2.90. The van der Waals surface area contributed by atoms with Gasteiger partial charge in [-0.15, -0.1) is 12.6 Å². The van der Waals surface area contributed by atoms with Gasteiger partial charge in [0, 0.05) is 11.0 Å². The summed E-state index contributed by atoms with van der Waals surface area (Å²) in [5.74, 6) is -0.233. The fourth-order valence-corrected chi connectivity index (χ4v) is 3.02. The average molecular weight is 312 g/mol. The van der Waals surface area contributed by atoms with Crippen molar-refractivity contribution < 1.29 is 4.79 Å². The summed E-state index contributed by atoms with van der Waals surface area (Å²) in [6, 6.07) is 17.3. The zero-order valence-corrected chi connectivity index (χ0v) is 12.7. The van der Waals surface area contributed by atoms with Crippen LogP contribution >= 0.6 is 24.0 Å². The number of benzene rings is 2. The summed E-state index contributed by atoms with van der Waals surface area (Å²) in [6.45, 7) is 0. The predicted molar refractivity (Wildman–Crippen MR) is 91.7 cm³/mol. The van der Waals surface area contributed by atoms with E-state index in [2.05, 4.69) is 22.9 Å². The van der Waals surface area contributed by atoms with E-state index in [1.165, 1.54) is 17.4 Å². The first-order valence-corrected chi connectivity index (χ1v) is 7.61. The molecule has 3 aromatic rings. The highest BCUT2D eigenvalue weighted by Crippen LogP contribution is 2.25. The summed E-state index contributed by atoms with van der Waals surface area (Å²) in [7, 11) is 0. The van der Waals surface area contributed by atoms with Crippen molar-refractivity contribution in [2.45, 2.75) is 0 Å². The first kappa shape index (κ1) is 13.9. The highest BCUT2D eigenvalue weighted by Gasteiger charge is 2.06. The monoisotopic (exact) mass is 312 g/mol. The molecule has 5 heteroatoms. The Bertz CT molecular complexity index is 776. The SMILES string of the molecule is O=C(/C=C(/S)c1ccccc1)Nc1nc2ccccc2s1. The number of para-hydroxylation sites is 1. The van der Waals surface area contributed by atoms with Gasteiger partial charge in [0.25, 0.3) is 5.91 Å². The number of fused-ring (bicyclic) bond motifs is 1. The van der Waals surface area contributed by atoms with Gasteiger partial charge in [-0.2, -0.15) is 0 Å². The molecule has 0 unspecified atom stereocenters. The number of nitrogens with one attached hydrogen (secondary N) is 1. The lowest BCUT2D eigenvalue weighted by atomic mass is 10.2. The largest absolute Gasteiger partial charge is 0.298 e. The maximum absolute atomic E-state index is 12.0. The minimum atomic E-state index is -0.233. The Balaban J connectivity index is 1.77. The number of rotatable bonds is 3. The summed E-state index contributed by atoms with van der Waals surface area (Å²) in [6.07, 6.45) is 1.46. The number of amides is 1. The van der Waals surface area contributed by atoms with Crippen LogP contribution in [-0.2, 0) is 4.79 Å². The molecule has 3 nitrogen and oxygen atoms in total. The summed E-state index contributed by atoms with van der Waals surface area (Å²) in [4.78, 5) is 17.0. The number of hydrogen-bond acceptors (Lipinski definition) is 4. The molecule has 0 saturated carbocycles. The fourth-order valence-electron chi connectivity index (χ4n) is 1.88. The van der Waals surface area contributed by atoms with Gasteiger partial charge in [0.2, 0.25) is 0 Å². The number of carbonyl (C=O) groups is 1. The molecule has 104 valence electrons. The van der Waals surface area contributed by atoms with Gasteiger partial charge in [0.15, 0.2) is 5.13 Å². The van der Waals surface area contributed by atoms with E-state index in [0.717, 1.165) is 15.8 Å². The van der Waals surface area contributed by atoms with Crippen molar-refractivity contribution in [3.05, 3.63) is 66.2 Å². The van der Waals surface area contributed by atoms with Crippen LogP contribution in [0.15, 0.2) is 60.7 Å². The molecule has 0 spiro atoms. The number of aromatic nitrogens is 1. The molecular formula is C16H12N2OS2. The van der Waals surface area contributed by atoms with E-state index in [9.17, 15) is 4.79 Å². The summed E-state index contributed by atoms with van der Waals surface area (Å²) in [5.41, 5.74) is 1.79. The van der Waals surface area contributed by atoms with E-state index in [0.29, 0.717) is 10.0 Å². The molecule has 1 amide bonds. The first-order valence-electron chi connectivity index (χ1n) is 6.35. The van der Waals surface area contributed by atoms with Gasteiger partial charge in [-0.05, 0) is 17.7 Å². The van der Waals surface area contributed by atoms with Crippen LogP contribution in [0.1, 0.15) is 5.56 Å². The van der Waals surface area contributed by atoms with Gasteiger partial charge < -0.3 is 0 Å². The zero-order chi connectivity index (χ0) is 14.7. The second-order valence-corrected chi connectivity index (χ2v) is 5.88. The van der Waals surface area contributed by atoms with Crippen LogP contribution in [-0.4, -0.2) is 10.9 Å². The number of anilines is 1. The smallest absolute Gasteiger partial charge is 0.251 e. The summed E-state index contributed by atoms with van der Waals surface area (Å²) >= 11 is 5.81. The molecule has 0 aliphatic carbocycles. The molecule has 1 N–H and O–H groups in total. The van der Waals surface area contributed by atoms with Crippen LogP contribution in [0.4, 0.5) is 5.13 Å². The Labute approximate surface area is 131 Å². The Kier molecular flexibility index (Phi) is 4.03. The van der Waals surface area contributed by atoms with Crippen molar-refractivity contribution >= 4 is 50.1 Å². The van der Waals surface area contributed by atoms with Crippen molar-refractivity contribution in [2.75, 3.05) is 5.32 Å². The van der Waals surface area contributed by atoms with E-state index < -0.39 is 0 Å². The molecule has 2 aromatic carbocycles. The predicted octanol–water partition coefficient (Wildman–Crippen LogP) is 4.21. The lowest BCUT2D eigenvalue weighted by Gasteiger charge is -2.00. The van der Waals surface area contributed by atoms with Gasteiger partial charge in [-0.3, -0.25) is 10.1 Å². The van der Waals surface area contributed by atoms with Crippen LogP contribution in [0, 0.1) is 0 Å². The van der Waals surface area contributed by atoms with Crippen LogP contribution in [0.25, 0.3) is 15.1 Å². The van der Waals surface area contributed by atoms with E-state index in [4.69, 9.17) is 0 Å². The molecule has 3 rings (SSSR count). The van der Waals surface area contributed by atoms with Crippen molar-refractivity contribution in [1.82, 2.24) is 4.98 Å². The summed E-state index contributed by atoms with van der Waals surface area (Å²) < 4.78 is 1.05. The van der Waals surface area contributed by atoms with Crippen LogP contribution in [0.3, 0.4) is 0 Å². The summed E-state index contributed by atoms with van der Waals surface area (Å²) in [5, 5.41) is 3.36. The van der Waals surface area contributed by atoms with Crippen molar-refractivity contribution in [3.8, 4) is 0 Å². The number of carbonyl (C=O) groups excluding carboxylic acids is 1. The molecule has 0 aliphatic heterocycles. The van der Waals surface area contributed by atoms with Crippen LogP contribution in [0.5, 0.6) is 0 Å². The van der Waals surface area contributed by atoms with Crippen molar-refractivity contribution in [2.24, 2.45) is 0 Å². The van der Waals surface area contributed by atoms with Gasteiger partial charge in [0.1, 0.15) is 0 Å². The van der Waals surface area contributed by atoms with E-state index >= 15 is 0 Å². The molecule has 0 bridgehead atoms. The van der Waals surface area contributed by atoms with Gasteiger partial charge in [-0.25, -0.2) is 4.98 Å². The molecule has 0 fully saturated rings. The van der Waals surface area contributed by atoms with E-state index in [-0.39, 0.29) is 5.91 Å². The molecule has 0 atom stereocenters. The highest BCUT2D eigenvalue weighted by atomic mass is 32.1. The number of nitrogens with zero attached hydrogens (tertiary/aromatic N) is 1. The normalized spacial score (nSPS) is 11.6. The second-order valence-electron chi connectivity index (χ2n) is 4.37. The first-order chi connectivity index (χ1) is 10.2. The Morgan fingerprint density at radius 3 is 2.57 bits per heavy atom. The van der Waals surface area contributed by atoms with Crippen LogP contribution in [0.2, 0.25) is 0 Å². The molecule has 0 saturated heterocycles. The maximum atomic E-state index is 12.0. The third-order valence-electron chi connectivity index (χ3n) is 2.86. The van der Waals surface area contributed by atoms with Crippen molar-refractivity contribution in [3.63, 3.8) is 0 Å². The maximum Gasteiger partial charge on any atom is 0.251 e. The second kappa shape index (κ2) is 6.11. The lowest BCUT2D eigenvalue weighted by Crippen LogP contribution is -2.07. The number of hydrogen-bond donors (Lipinski definition) is 2. The number of thiazole rings is 1. The molecule has 0 aliphatic rings. The lowest BCUT2D eigenvalue weighted by molar-refractivity contribution is -0.111. The van der Waals surface area contributed by atoms with E-state index in [1.54, 1.807) is 0 Å². The standard InChI is InChI=1S/C16H12N2OS2/c19-15(10-13(20)11-6-2-1-3-7-11)18-16-17-12-8-4-5-9-14(12)21-16/h1-10,20H,(H,17,18,19)/b13-10+. The van der Waals surface area contributed by atoms with E-state index in [1.807, 2.05) is 54.6 Å². The third-order valence-corrected chi connectivity index (χ3v) is 4.20. The Morgan fingerprint density at radius 1 is 1.10 bits per heavy atom. The highest BCUT2D eigenvalue weighted by molar-refractivity contribution is 7.90. The fraction of sp³-hybridized carbons (Fsp3) is 0. The molecular weight excluding hydrogens is 300 g/mol. The van der Waals surface area contributed by atoms with Crippen molar-refractivity contribution in [1.29, 1.82) is 0 Å². The zero-order valence-electron chi connectivity index (χ0n) is 11.0. The quantitative estimate of drug-likeness (QED) is 0.562. The topological polar surface area (TPSA) is 42.0 Å². The molecule has 0 radical (unpaired) electrons. The third kappa shape index (κ3) is 3.32. The molecule has 1 aromatic heterocycles. The van der Waals surface area contributed by atoms with Gasteiger partial charge >= 0.3 is 0 Å². The van der Waals surface area contributed by atoms with Gasteiger partial charge in [-0.1, -0.05) is 53.8 Å². The van der Waals surface area contributed by atoms with Crippen LogP contribution < -0.4 is 5.32 Å². The minimum absolute atomic E-state index is 0.233. The number of thiol groups is 1. The van der Waals surface area contributed by atoms with Gasteiger partial charge in [0.05, 0.1) is 10.2 Å². The molecule has 21 heavy (non-hydrogen) atoms. The Morgan fingerprint density at radius 2 is 1.81 bits per heavy atom. The Hall–Kier alpha value is -2.11. The minimum Gasteiger partial charge on any atom is -0.298 e. The molecule has 1 heterocycles.